The second kappa shape index (κ2) is 5.65. The van der Waals surface area contributed by atoms with Crippen LogP contribution in [0.1, 0.15) is 41.5 Å². The maximum absolute atomic E-state index is 11.7. The molecule has 0 aromatic heterocycles. The zero-order valence-electron chi connectivity index (χ0n) is 11.2. The van der Waals surface area contributed by atoms with Crippen LogP contribution in [0.25, 0.3) is 0 Å². The van der Waals surface area contributed by atoms with E-state index < -0.39 is 17.3 Å². The first-order valence-corrected chi connectivity index (χ1v) is 5.82. The minimum absolute atomic E-state index is 0.158. The molecule has 102 valence electrons. The van der Waals surface area contributed by atoms with Crippen LogP contribution < -0.4 is 5.73 Å². The lowest BCUT2D eigenvalue weighted by Gasteiger charge is -2.16. The molecule has 1 rings (SSSR count). The predicted octanol–water partition coefficient (Wildman–Crippen LogP) is 1.56. The van der Waals surface area contributed by atoms with Crippen LogP contribution >= 0.6 is 0 Å². The van der Waals surface area contributed by atoms with Gasteiger partial charge in [0.15, 0.2) is 12.4 Å². The summed E-state index contributed by atoms with van der Waals surface area (Å²) in [5.74, 6) is -1.33. The fourth-order valence-electron chi connectivity index (χ4n) is 1.20. The third kappa shape index (κ3) is 4.21. The second-order valence-electron chi connectivity index (χ2n) is 5.19. The van der Waals surface area contributed by atoms with Crippen molar-refractivity contribution in [3.63, 3.8) is 0 Å². The molecule has 19 heavy (non-hydrogen) atoms. The van der Waals surface area contributed by atoms with Crippen molar-refractivity contribution < 1.29 is 19.1 Å². The fraction of sp³-hybridized carbons (Fsp3) is 0.357. The molecule has 0 heterocycles. The first kappa shape index (κ1) is 14.9. The molecular weight excluding hydrogens is 246 g/mol. The average Bonchev–Trinajstić information content (AvgIpc) is 2.34. The fourth-order valence-corrected chi connectivity index (χ4v) is 1.20. The zero-order chi connectivity index (χ0) is 14.6. The summed E-state index contributed by atoms with van der Waals surface area (Å²) in [7, 11) is 0. The third-order valence-electron chi connectivity index (χ3n) is 2.58. The number of rotatable bonds is 4. The average molecular weight is 263 g/mol. The highest BCUT2D eigenvalue weighted by Crippen LogP contribution is 2.15. The number of ketones is 1. The molecule has 0 aliphatic rings. The summed E-state index contributed by atoms with van der Waals surface area (Å²) in [6, 6.07) is 5.74. The van der Waals surface area contributed by atoms with E-state index in [4.69, 9.17) is 10.5 Å². The number of benzene rings is 1. The van der Waals surface area contributed by atoms with Gasteiger partial charge in [0.25, 0.3) is 0 Å². The number of carbonyl (C=O) groups excluding carboxylic acids is 3. The second-order valence-corrected chi connectivity index (χ2v) is 5.19. The summed E-state index contributed by atoms with van der Waals surface area (Å²) in [6.45, 7) is 5.00. The van der Waals surface area contributed by atoms with Gasteiger partial charge in [0.1, 0.15) is 0 Å². The number of nitrogens with two attached hydrogens (primary N) is 1. The Hall–Kier alpha value is -2.17. The van der Waals surface area contributed by atoms with Crippen molar-refractivity contribution in [2.75, 3.05) is 6.61 Å². The maximum atomic E-state index is 11.7. The molecule has 2 N–H and O–H groups in total. The van der Waals surface area contributed by atoms with Crippen LogP contribution in [0.5, 0.6) is 0 Å². The van der Waals surface area contributed by atoms with Gasteiger partial charge in [0, 0.05) is 11.0 Å². The van der Waals surface area contributed by atoms with Gasteiger partial charge < -0.3 is 10.5 Å². The van der Waals surface area contributed by atoms with Crippen molar-refractivity contribution in [3.05, 3.63) is 35.4 Å². The highest BCUT2D eigenvalue weighted by molar-refractivity contribution is 5.96. The van der Waals surface area contributed by atoms with Gasteiger partial charge in [-0.2, -0.15) is 0 Å². The molecule has 0 saturated carbocycles. The number of carbonyl (C=O) groups is 3. The molecule has 0 aliphatic heterocycles. The number of primary amides is 1. The Morgan fingerprint density at radius 2 is 1.53 bits per heavy atom. The lowest BCUT2D eigenvalue weighted by molar-refractivity contribution is -0.129. The lowest BCUT2D eigenvalue weighted by atomic mass is 9.91. The zero-order valence-corrected chi connectivity index (χ0v) is 11.2. The molecule has 0 atom stereocenters. The summed E-state index contributed by atoms with van der Waals surface area (Å²) >= 11 is 0. The third-order valence-corrected chi connectivity index (χ3v) is 2.58. The first-order chi connectivity index (χ1) is 8.71. The molecule has 0 spiro atoms. The van der Waals surface area contributed by atoms with E-state index in [1.807, 2.05) is 0 Å². The Morgan fingerprint density at radius 1 is 1.05 bits per heavy atom. The van der Waals surface area contributed by atoms with Crippen molar-refractivity contribution in [1.82, 2.24) is 0 Å². The van der Waals surface area contributed by atoms with Gasteiger partial charge in [-0.05, 0) is 24.3 Å². The van der Waals surface area contributed by atoms with E-state index in [-0.39, 0.29) is 18.0 Å². The number of hydrogen-bond acceptors (Lipinski definition) is 4. The summed E-state index contributed by atoms with van der Waals surface area (Å²) in [5.41, 5.74) is 5.12. The molecule has 0 aliphatic carbocycles. The molecule has 1 aromatic rings. The van der Waals surface area contributed by atoms with E-state index in [0.29, 0.717) is 5.56 Å². The monoisotopic (exact) mass is 263 g/mol. The Bertz CT molecular complexity index is 497. The molecule has 5 heteroatoms. The standard InChI is InChI=1S/C14H17NO4/c1-14(2,3)11(16)8-19-13(18)10-6-4-9(5-7-10)12(15)17/h4-7H,8H2,1-3H3,(H2,15,17). The van der Waals surface area contributed by atoms with Crippen LogP contribution in [0.2, 0.25) is 0 Å². The highest BCUT2D eigenvalue weighted by Gasteiger charge is 2.22. The smallest absolute Gasteiger partial charge is 0.338 e. The van der Waals surface area contributed by atoms with Gasteiger partial charge in [0.05, 0.1) is 5.56 Å². The number of amides is 1. The molecule has 0 radical (unpaired) electrons. The van der Waals surface area contributed by atoms with Gasteiger partial charge >= 0.3 is 5.97 Å². The molecular formula is C14H17NO4. The van der Waals surface area contributed by atoms with E-state index in [1.165, 1.54) is 24.3 Å². The van der Waals surface area contributed by atoms with E-state index in [0.717, 1.165) is 0 Å². The van der Waals surface area contributed by atoms with E-state index >= 15 is 0 Å². The number of ether oxygens (including phenoxy) is 1. The Balaban J connectivity index is 2.64. The molecule has 0 unspecified atom stereocenters. The summed E-state index contributed by atoms with van der Waals surface area (Å²) < 4.78 is 4.91. The topological polar surface area (TPSA) is 86.5 Å². The van der Waals surface area contributed by atoms with Crippen molar-refractivity contribution in [1.29, 1.82) is 0 Å². The minimum Gasteiger partial charge on any atom is -0.454 e. The van der Waals surface area contributed by atoms with Crippen molar-refractivity contribution in [2.24, 2.45) is 11.1 Å². The van der Waals surface area contributed by atoms with Crippen LogP contribution in [0, 0.1) is 5.41 Å². The van der Waals surface area contributed by atoms with E-state index in [1.54, 1.807) is 20.8 Å². The van der Waals surface area contributed by atoms with Crippen LogP contribution in [-0.2, 0) is 9.53 Å². The lowest BCUT2D eigenvalue weighted by Crippen LogP contribution is -2.26. The summed E-state index contributed by atoms with van der Waals surface area (Å²) in [5, 5.41) is 0. The minimum atomic E-state index is -0.603. The molecule has 5 nitrogen and oxygen atoms in total. The largest absolute Gasteiger partial charge is 0.454 e. The number of Topliss-reactive ketones (excluding diaryl/α,β-unsaturated/α-hetero) is 1. The Labute approximate surface area is 111 Å². The van der Waals surface area contributed by atoms with Crippen molar-refractivity contribution >= 4 is 17.7 Å². The van der Waals surface area contributed by atoms with Gasteiger partial charge in [-0.3, -0.25) is 9.59 Å². The van der Waals surface area contributed by atoms with Crippen LogP contribution in [0.15, 0.2) is 24.3 Å². The predicted molar refractivity (Wildman–Crippen MR) is 69.7 cm³/mol. The van der Waals surface area contributed by atoms with Gasteiger partial charge in [-0.25, -0.2) is 4.79 Å². The van der Waals surface area contributed by atoms with Crippen LogP contribution in [0.3, 0.4) is 0 Å². The van der Waals surface area contributed by atoms with Gasteiger partial charge in [0.2, 0.25) is 5.91 Å². The van der Waals surface area contributed by atoms with E-state index in [9.17, 15) is 14.4 Å². The molecule has 0 bridgehead atoms. The van der Waals surface area contributed by atoms with Crippen LogP contribution in [-0.4, -0.2) is 24.3 Å². The maximum Gasteiger partial charge on any atom is 0.338 e. The number of hydrogen-bond donors (Lipinski definition) is 1. The van der Waals surface area contributed by atoms with Gasteiger partial charge in [-0.15, -0.1) is 0 Å². The number of esters is 1. The van der Waals surface area contributed by atoms with E-state index in [2.05, 4.69) is 0 Å². The first-order valence-electron chi connectivity index (χ1n) is 5.82. The summed E-state index contributed by atoms with van der Waals surface area (Å²) in [4.78, 5) is 34.1. The molecule has 0 saturated heterocycles. The Morgan fingerprint density at radius 3 is 1.95 bits per heavy atom. The SMILES string of the molecule is CC(C)(C)C(=O)COC(=O)c1ccc(C(N)=O)cc1. The Kier molecular flexibility index (Phi) is 4.43. The normalized spacial score (nSPS) is 10.9. The molecule has 1 aromatic carbocycles. The van der Waals surface area contributed by atoms with Gasteiger partial charge in [-0.1, -0.05) is 20.8 Å². The van der Waals surface area contributed by atoms with Crippen molar-refractivity contribution in [3.8, 4) is 0 Å². The van der Waals surface area contributed by atoms with Crippen LogP contribution in [0.4, 0.5) is 0 Å². The van der Waals surface area contributed by atoms with Crippen molar-refractivity contribution in [2.45, 2.75) is 20.8 Å². The quantitative estimate of drug-likeness (QED) is 0.835. The highest BCUT2D eigenvalue weighted by atomic mass is 16.5. The molecule has 1 amide bonds. The summed E-state index contributed by atoms with van der Waals surface area (Å²) in [6.07, 6.45) is 0. The molecule has 0 fully saturated rings.